The molecule has 78 valence electrons. The molecule has 1 aliphatic heterocycles. The zero-order valence-electron chi connectivity index (χ0n) is 8.26. The molecule has 1 N–H and O–H groups in total. The van der Waals surface area contributed by atoms with E-state index in [2.05, 4.69) is 4.98 Å². The molecule has 2 aromatic rings. The zero-order valence-corrected chi connectivity index (χ0v) is 8.26. The number of rotatable bonds is 0. The van der Waals surface area contributed by atoms with E-state index in [1.165, 1.54) is 0 Å². The SMILES string of the molecule is OC1COCc2nc3ccccc3n2C1. The molecule has 2 heterocycles. The van der Waals surface area contributed by atoms with Crippen LogP contribution in [0, 0.1) is 0 Å². The van der Waals surface area contributed by atoms with E-state index in [1.807, 2.05) is 28.8 Å². The van der Waals surface area contributed by atoms with E-state index >= 15 is 0 Å². The van der Waals surface area contributed by atoms with Gasteiger partial charge in [-0.05, 0) is 12.1 Å². The molecule has 0 aliphatic carbocycles. The van der Waals surface area contributed by atoms with Crippen LogP contribution in [0.1, 0.15) is 5.82 Å². The number of aliphatic hydroxyl groups excluding tert-OH is 1. The number of aromatic nitrogens is 2. The van der Waals surface area contributed by atoms with E-state index in [9.17, 15) is 5.11 Å². The molecule has 0 spiro atoms. The summed E-state index contributed by atoms with van der Waals surface area (Å²) in [6.45, 7) is 1.43. The molecule has 1 aliphatic rings. The lowest BCUT2D eigenvalue weighted by molar-refractivity contribution is 0.0339. The van der Waals surface area contributed by atoms with Gasteiger partial charge in [0.15, 0.2) is 0 Å². The van der Waals surface area contributed by atoms with Gasteiger partial charge in [-0.3, -0.25) is 0 Å². The summed E-state index contributed by atoms with van der Waals surface area (Å²) in [7, 11) is 0. The first-order valence-corrected chi connectivity index (χ1v) is 5.04. The zero-order chi connectivity index (χ0) is 10.3. The van der Waals surface area contributed by atoms with Crippen LogP contribution in [0.3, 0.4) is 0 Å². The third-order valence-corrected chi connectivity index (χ3v) is 2.67. The molecule has 1 aromatic carbocycles. The number of benzene rings is 1. The Balaban J connectivity index is 2.20. The van der Waals surface area contributed by atoms with Crippen molar-refractivity contribution >= 4 is 11.0 Å². The summed E-state index contributed by atoms with van der Waals surface area (Å²) in [6.07, 6.45) is -0.441. The molecule has 1 atom stereocenters. The lowest BCUT2D eigenvalue weighted by Gasteiger charge is -2.07. The molecule has 0 bridgehead atoms. The van der Waals surface area contributed by atoms with Gasteiger partial charge in [-0.2, -0.15) is 0 Å². The summed E-state index contributed by atoms with van der Waals surface area (Å²) in [5.41, 5.74) is 2.03. The van der Waals surface area contributed by atoms with Crippen LogP contribution in [-0.4, -0.2) is 27.4 Å². The maximum atomic E-state index is 9.64. The fraction of sp³-hybridized carbons (Fsp3) is 0.364. The number of nitrogens with zero attached hydrogens (tertiary/aromatic N) is 2. The summed E-state index contributed by atoms with van der Waals surface area (Å²) in [5.74, 6) is 0.896. The van der Waals surface area contributed by atoms with Gasteiger partial charge in [0.1, 0.15) is 12.4 Å². The quantitative estimate of drug-likeness (QED) is 0.694. The van der Waals surface area contributed by atoms with Crippen LogP contribution < -0.4 is 0 Å². The average molecular weight is 204 g/mol. The highest BCUT2D eigenvalue weighted by atomic mass is 16.5. The minimum Gasteiger partial charge on any atom is -0.389 e. The minimum atomic E-state index is -0.441. The normalized spacial score (nSPS) is 21.3. The van der Waals surface area contributed by atoms with Crippen LogP contribution in [0.5, 0.6) is 0 Å². The van der Waals surface area contributed by atoms with Gasteiger partial charge in [0, 0.05) is 0 Å². The smallest absolute Gasteiger partial charge is 0.136 e. The van der Waals surface area contributed by atoms with Crippen molar-refractivity contribution in [1.29, 1.82) is 0 Å². The number of imidazole rings is 1. The Labute approximate surface area is 87.1 Å². The van der Waals surface area contributed by atoms with Crippen LogP contribution in [0.2, 0.25) is 0 Å². The number of fused-ring (bicyclic) bond motifs is 3. The fourth-order valence-electron chi connectivity index (χ4n) is 1.99. The first-order chi connectivity index (χ1) is 7.34. The highest BCUT2D eigenvalue weighted by molar-refractivity contribution is 5.75. The summed E-state index contributed by atoms with van der Waals surface area (Å²) in [4.78, 5) is 4.47. The molecule has 0 amide bonds. The van der Waals surface area contributed by atoms with Crippen molar-refractivity contribution in [1.82, 2.24) is 9.55 Å². The summed E-state index contributed by atoms with van der Waals surface area (Å²) in [5, 5.41) is 9.64. The van der Waals surface area contributed by atoms with Crippen LogP contribution in [0.25, 0.3) is 11.0 Å². The average Bonchev–Trinajstić information content (AvgIpc) is 2.47. The topological polar surface area (TPSA) is 47.3 Å². The molecule has 4 nitrogen and oxygen atoms in total. The maximum Gasteiger partial charge on any atom is 0.136 e. The molecular weight excluding hydrogens is 192 g/mol. The Morgan fingerprint density at radius 3 is 3.20 bits per heavy atom. The summed E-state index contributed by atoms with van der Waals surface area (Å²) < 4.78 is 7.36. The third kappa shape index (κ3) is 1.42. The first-order valence-electron chi connectivity index (χ1n) is 5.04. The second-order valence-corrected chi connectivity index (χ2v) is 3.80. The molecule has 0 saturated carbocycles. The van der Waals surface area contributed by atoms with Crippen LogP contribution in [0.4, 0.5) is 0 Å². The molecule has 1 aromatic heterocycles. The highest BCUT2D eigenvalue weighted by Gasteiger charge is 2.17. The predicted octanol–water partition coefficient (Wildman–Crippen LogP) is 0.927. The molecule has 0 fully saturated rings. The molecule has 3 rings (SSSR count). The fourth-order valence-corrected chi connectivity index (χ4v) is 1.99. The number of aliphatic hydroxyl groups is 1. The third-order valence-electron chi connectivity index (χ3n) is 2.67. The van der Waals surface area contributed by atoms with E-state index in [1.54, 1.807) is 0 Å². The van der Waals surface area contributed by atoms with E-state index in [0.717, 1.165) is 16.9 Å². The Hall–Kier alpha value is -1.39. The highest BCUT2D eigenvalue weighted by Crippen LogP contribution is 2.19. The van der Waals surface area contributed by atoms with Gasteiger partial charge in [0.25, 0.3) is 0 Å². The van der Waals surface area contributed by atoms with Crippen molar-refractivity contribution in [3.05, 3.63) is 30.1 Å². The van der Waals surface area contributed by atoms with Gasteiger partial charge in [-0.1, -0.05) is 12.1 Å². The Kier molecular flexibility index (Phi) is 1.97. The van der Waals surface area contributed by atoms with Crippen molar-refractivity contribution in [2.75, 3.05) is 6.61 Å². The van der Waals surface area contributed by atoms with Gasteiger partial charge < -0.3 is 14.4 Å². The second kappa shape index (κ2) is 3.32. The van der Waals surface area contributed by atoms with E-state index in [4.69, 9.17) is 4.74 Å². The number of para-hydroxylation sites is 2. The van der Waals surface area contributed by atoms with Crippen LogP contribution in [0.15, 0.2) is 24.3 Å². The van der Waals surface area contributed by atoms with Crippen molar-refractivity contribution < 1.29 is 9.84 Å². The standard InChI is InChI=1S/C11H12N2O2/c14-8-5-13-10-4-2-1-3-9(10)12-11(13)7-15-6-8/h1-4,8,14H,5-7H2. The Morgan fingerprint density at radius 2 is 2.27 bits per heavy atom. The summed E-state index contributed by atoms with van der Waals surface area (Å²) >= 11 is 0. The van der Waals surface area contributed by atoms with E-state index in [0.29, 0.717) is 19.8 Å². The molecule has 4 heteroatoms. The maximum absolute atomic E-state index is 9.64. The van der Waals surface area contributed by atoms with Crippen LogP contribution in [-0.2, 0) is 17.9 Å². The molecule has 0 saturated heterocycles. The largest absolute Gasteiger partial charge is 0.389 e. The van der Waals surface area contributed by atoms with Crippen LogP contribution >= 0.6 is 0 Å². The Bertz CT molecular complexity index is 492. The van der Waals surface area contributed by atoms with E-state index < -0.39 is 6.10 Å². The van der Waals surface area contributed by atoms with Crippen molar-refractivity contribution in [3.63, 3.8) is 0 Å². The number of ether oxygens (including phenoxy) is 1. The lowest BCUT2D eigenvalue weighted by atomic mass is 10.3. The first kappa shape index (κ1) is 8.88. The molecular formula is C11H12N2O2. The minimum absolute atomic E-state index is 0.387. The number of hydrogen-bond acceptors (Lipinski definition) is 3. The van der Waals surface area contributed by atoms with Crippen molar-refractivity contribution in [2.24, 2.45) is 0 Å². The monoisotopic (exact) mass is 204 g/mol. The lowest BCUT2D eigenvalue weighted by Crippen LogP contribution is -2.18. The van der Waals surface area contributed by atoms with Gasteiger partial charge in [0.05, 0.1) is 30.3 Å². The van der Waals surface area contributed by atoms with Gasteiger partial charge in [0.2, 0.25) is 0 Å². The van der Waals surface area contributed by atoms with Gasteiger partial charge in [-0.25, -0.2) is 4.98 Å². The van der Waals surface area contributed by atoms with E-state index in [-0.39, 0.29) is 0 Å². The summed E-state index contributed by atoms with van der Waals surface area (Å²) in [6, 6.07) is 7.94. The van der Waals surface area contributed by atoms with Crippen molar-refractivity contribution in [3.8, 4) is 0 Å². The second-order valence-electron chi connectivity index (χ2n) is 3.80. The predicted molar refractivity (Wildman–Crippen MR) is 55.4 cm³/mol. The number of hydrogen-bond donors (Lipinski definition) is 1. The van der Waals surface area contributed by atoms with Crippen molar-refractivity contribution in [2.45, 2.75) is 19.3 Å². The molecule has 1 unspecified atom stereocenters. The van der Waals surface area contributed by atoms with Gasteiger partial charge >= 0.3 is 0 Å². The Morgan fingerprint density at radius 1 is 1.40 bits per heavy atom. The van der Waals surface area contributed by atoms with Gasteiger partial charge in [-0.15, -0.1) is 0 Å². The molecule has 0 radical (unpaired) electrons. The molecule has 15 heavy (non-hydrogen) atoms.